The fourth-order valence-corrected chi connectivity index (χ4v) is 2.28. The molecule has 1 aliphatic heterocycles. The van der Waals surface area contributed by atoms with E-state index in [1.165, 1.54) is 11.3 Å². The van der Waals surface area contributed by atoms with E-state index in [0.717, 1.165) is 32.7 Å². The summed E-state index contributed by atoms with van der Waals surface area (Å²) >= 11 is 0. The lowest BCUT2D eigenvalue weighted by molar-refractivity contribution is 0.0917. The second-order valence-electron chi connectivity index (χ2n) is 4.65. The molecule has 1 N–H and O–H groups in total. The van der Waals surface area contributed by atoms with Crippen molar-refractivity contribution in [3.05, 3.63) is 29.8 Å². The zero-order valence-corrected chi connectivity index (χ0v) is 10.8. The van der Waals surface area contributed by atoms with Crippen LogP contribution < -0.4 is 10.2 Å². The Labute approximate surface area is 104 Å². The first-order valence-corrected chi connectivity index (χ1v) is 6.37. The average molecular weight is 234 g/mol. The van der Waals surface area contributed by atoms with E-state index in [-0.39, 0.29) is 0 Å². The summed E-state index contributed by atoms with van der Waals surface area (Å²) in [6.45, 7) is 5.84. The zero-order chi connectivity index (χ0) is 12.1. The van der Waals surface area contributed by atoms with Crippen molar-refractivity contribution < 1.29 is 4.74 Å². The number of nitrogens with zero attached hydrogens (tertiary/aromatic N) is 1. The molecule has 1 heterocycles. The minimum absolute atomic E-state index is 0.499. The fraction of sp³-hybridized carbons (Fsp3) is 0.571. The Kier molecular flexibility index (Phi) is 4.40. The molecule has 0 aliphatic carbocycles. The highest BCUT2D eigenvalue weighted by Gasteiger charge is 2.22. The number of ether oxygens (including phenoxy) is 1. The Morgan fingerprint density at radius 1 is 1.35 bits per heavy atom. The molecular formula is C14H22N2O. The molecule has 2 rings (SSSR count). The number of aryl methyl sites for hydroxylation is 1. The van der Waals surface area contributed by atoms with Gasteiger partial charge >= 0.3 is 0 Å². The zero-order valence-electron chi connectivity index (χ0n) is 10.8. The maximum absolute atomic E-state index is 5.59. The predicted molar refractivity (Wildman–Crippen MR) is 71.7 cm³/mol. The number of hydrogen-bond donors (Lipinski definition) is 1. The summed E-state index contributed by atoms with van der Waals surface area (Å²) in [5.41, 5.74) is 2.63. The highest BCUT2D eigenvalue weighted by molar-refractivity contribution is 5.48. The monoisotopic (exact) mass is 234 g/mol. The topological polar surface area (TPSA) is 24.5 Å². The Balaban J connectivity index is 2.07. The van der Waals surface area contributed by atoms with E-state index < -0.39 is 0 Å². The maximum atomic E-state index is 5.59. The summed E-state index contributed by atoms with van der Waals surface area (Å²) in [5, 5.41) is 3.21. The molecule has 1 fully saturated rings. The highest BCUT2D eigenvalue weighted by atomic mass is 16.5. The average Bonchev–Trinajstić information content (AvgIpc) is 2.38. The van der Waals surface area contributed by atoms with Gasteiger partial charge in [0, 0.05) is 12.2 Å². The van der Waals surface area contributed by atoms with Crippen LogP contribution in [0.1, 0.15) is 12.0 Å². The third-order valence-corrected chi connectivity index (χ3v) is 3.32. The van der Waals surface area contributed by atoms with Crippen LogP contribution >= 0.6 is 0 Å². The van der Waals surface area contributed by atoms with Crippen molar-refractivity contribution in [1.29, 1.82) is 0 Å². The Hall–Kier alpha value is -1.06. The Bertz CT molecular complexity index is 337. The summed E-state index contributed by atoms with van der Waals surface area (Å²) in [6, 6.07) is 9.29. The minimum Gasteiger partial charge on any atom is -0.377 e. The van der Waals surface area contributed by atoms with Crippen LogP contribution in [-0.2, 0) is 4.74 Å². The van der Waals surface area contributed by atoms with Gasteiger partial charge in [-0.25, -0.2) is 0 Å². The van der Waals surface area contributed by atoms with Gasteiger partial charge in [-0.05, 0) is 39.1 Å². The van der Waals surface area contributed by atoms with Gasteiger partial charge in [0.15, 0.2) is 0 Å². The van der Waals surface area contributed by atoms with Crippen molar-refractivity contribution in [2.24, 2.45) is 0 Å². The lowest BCUT2D eigenvalue weighted by Gasteiger charge is -2.37. The molecule has 3 nitrogen and oxygen atoms in total. The van der Waals surface area contributed by atoms with Crippen molar-refractivity contribution in [1.82, 2.24) is 5.32 Å². The maximum Gasteiger partial charge on any atom is 0.0671 e. The van der Waals surface area contributed by atoms with E-state index in [9.17, 15) is 0 Å². The van der Waals surface area contributed by atoms with Crippen molar-refractivity contribution in [3.8, 4) is 0 Å². The van der Waals surface area contributed by atoms with Crippen LogP contribution in [-0.4, -0.2) is 39.4 Å². The molecule has 0 aromatic heterocycles. The van der Waals surface area contributed by atoms with Crippen molar-refractivity contribution >= 4 is 5.69 Å². The standard InChI is InChI=1S/C14H22N2O/c1-12-3-5-13(6-4-12)16-9-10-17-11-14(16)7-8-15-2/h3-6,14-15H,7-11H2,1-2H3. The molecular weight excluding hydrogens is 212 g/mol. The first-order chi connectivity index (χ1) is 8.31. The van der Waals surface area contributed by atoms with Crippen LogP contribution in [0.5, 0.6) is 0 Å². The van der Waals surface area contributed by atoms with Crippen LogP contribution in [0, 0.1) is 6.92 Å². The number of anilines is 1. The van der Waals surface area contributed by atoms with Gasteiger partial charge < -0.3 is 15.0 Å². The van der Waals surface area contributed by atoms with Crippen molar-refractivity contribution in [2.75, 3.05) is 38.3 Å². The molecule has 0 bridgehead atoms. The van der Waals surface area contributed by atoms with E-state index in [1.54, 1.807) is 0 Å². The molecule has 1 aromatic rings. The van der Waals surface area contributed by atoms with Gasteiger partial charge in [0.05, 0.1) is 19.3 Å². The molecule has 1 atom stereocenters. The summed E-state index contributed by atoms with van der Waals surface area (Å²) < 4.78 is 5.59. The van der Waals surface area contributed by atoms with Gasteiger partial charge in [-0.3, -0.25) is 0 Å². The third kappa shape index (κ3) is 3.20. The molecule has 0 spiro atoms. The molecule has 0 radical (unpaired) electrons. The van der Waals surface area contributed by atoms with Gasteiger partial charge in [-0.15, -0.1) is 0 Å². The summed E-state index contributed by atoms with van der Waals surface area (Å²) in [7, 11) is 2.00. The summed E-state index contributed by atoms with van der Waals surface area (Å²) in [5.74, 6) is 0. The molecule has 1 aromatic carbocycles. The van der Waals surface area contributed by atoms with Gasteiger partial charge in [-0.1, -0.05) is 17.7 Å². The Morgan fingerprint density at radius 3 is 2.82 bits per heavy atom. The molecule has 1 saturated heterocycles. The van der Waals surface area contributed by atoms with E-state index >= 15 is 0 Å². The van der Waals surface area contributed by atoms with Gasteiger partial charge in [-0.2, -0.15) is 0 Å². The minimum atomic E-state index is 0.499. The molecule has 0 saturated carbocycles. The van der Waals surface area contributed by atoms with Crippen LogP contribution in [0.15, 0.2) is 24.3 Å². The second kappa shape index (κ2) is 6.03. The quantitative estimate of drug-likeness (QED) is 0.860. The summed E-state index contributed by atoms with van der Waals surface area (Å²) in [4.78, 5) is 2.47. The number of benzene rings is 1. The lowest BCUT2D eigenvalue weighted by Crippen LogP contribution is -2.46. The molecule has 1 aliphatic rings. The first kappa shape index (κ1) is 12.4. The van der Waals surface area contributed by atoms with Crippen molar-refractivity contribution in [3.63, 3.8) is 0 Å². The Morgan fingerprint density at radius 2 is 2.12 bits per heavy atom. The van der Waals surface area contributed by atoms with E-state index in [0.29, 0.717) is 6.04 Å². The largest absolute Gasteiger partial charge is 0.377 e. The lowest BCUT2D eigenvalue weighted by atomic mass is 10.1. The SMILES string of the molecule is CNCCC1COCCN1c1ccc(C)cc1. The van der Waals surface area contributed by atoms with E-state index in [2.05, 4.69) is 41.4 Å². The number of rotatable bonds is 4. The number of morpholine rings is 1. The number of hydrogen-bond acceptors (Lipinski definition) is 3. The van der Waals surface area contributed by atoms with Gasteiger partial charge in [0.2, 0.25) is 0 Å². The molecule has 0 amide bonds. The first-order valence-electron chi connectivity index (χ1n) is 6.37. The summed E-state index contributed by atoms with van der Waals surface area (Å²) in [6.07, 6.45) is 1.13. The molecule has 1 unspecified atom stereocenters. The molecule has 17 heavy (non-hydrogen) atoms. The predicted octanol–water partition coefficient (Wildman–Crippen LogP) is 1.81. The van der Waals surface area contributed by atoms with E-state index in [1.807, 2.05) is 7.05 Å². The van der Waals surface area contributed by atoms with Gasteiger partial charge in [0.1, 0.15) is 0 Å². The third-order valence-electron chi connectivity index (χ3n) is 3.32. The highest BCUT2D eigenvalue weighted by Crippen LogP contribution is 2.21. The molecule has 3 heteroatoms. The van der Waals surface area contributed by atoms with Crippen molar-refractivity contribution in [2.45, 2.75) is 19.4 Å². The van der Waals surface area contributed by atoms with Crippen LogP contribution in [0.2, 0.25) is 0 Å². The second-order valence-corrected chi connectivity index (χ2v) is 4.65. The molecule has 94 valence electrons. The van der Waals surface area contributed by atoms with Crippen LogP contribution in [0.3, 0.4) is 0 Å². The van der Waals surface area contributed by atoms with E-state index in [4.69, 9.17) is 4.74 Å². The van der Waals surface area contributed by atoms with Gasteiger partial charge in [0.25, 0.3) is 0 Å². The van der Waals surface area contributed by atoms with Crippen LogP contribution in [0.4, 0.5) is 5.69 Å². The normalized spacial score (nSPS) is 20.6. The number of nitrogens with one attached hydrogen (secondary N) is 1. The smallest absolute Gasteiger partial charge is 0.0671 e. The fourth-order valence-electron chi connectivity index (χ4n) is 2.28. The van der Waals surface area contributed by atoms with Crippen LogP contribution in [0.25, 0.3) is 0 Å².